The molecule has 1 unspecified atom stereocenters. The zero-order chi connectivity index (χ0) is 9.10. The third kappa shape index (κ3) is 1.70. The molecule has 0 N–H and O–H groups in total. The summed E-state index contributed by atoms with van der Waals surface area (Å²) in [7, 11) is 0. The van der Waals surface area contributed by atoms with Crippen molar-refractivity contribution in [1.82, 2.24) is 9.78 Å². The highest BCUT2D eigenvalue weighted by molar-refractivity contribution is 5.21. The summed E-state index contributed by atoms with van der Waals surface area (Å²) in [6, 6.07) is 2.38. The minimum atomic E-state index is 0.316. The van der Waals surface area contributed by atoms with Crippen LogP contribution in [0.15, 0.2) is 12.4 Å². The zero-order valence-electron chi connectivity index (χ0n) is 7.31. The third-order valence-electron chi connectivity index (χ3n) is 2.24. The van der Waals surface area contributed by atoms with E-state index in [0.717, 1.165) is 19.4 Å². The molecule has 1 aliphatic rings. The topological polar surface area (TPSA) is 50.8 Å². The van der Waals surface area contributed by atoms with Crippen molar-refractivity contribution in [2.45, 2.75) is 18.9 Å². The number of nitriles is 1. The second kappa shape index (κ2) is 3.58. The largest absolute Gasteiger partial charge is 0.379 e. The smallest absolute Gasteiger partial charge is 0.102 e. The lowest BCUT2D eigenvalue weighted by atomic mass is 10.1. The van der Waals surface area contributed by atoms with Gasteiger partial charge in [0.15, 0.2) is 0 Å². The molecule has 2 heterocycles. The Morgan fingerprint density at radius 2 is 2.62 bits per heavy atom. The van der Waals surface area contributed by atoms with Crippen molar-refractivity contribution in [2.75, 3.05) is 13.2 Å². The van der Waals surface area contributed by atoms with E-state index in [9.17, 15) is 0 Å². The molecule has 0 aromatic carbocycles. The molecule has 1 saturated heterocycles. The summed E-state index contributed by atoms with van der Waals surface area (Å²) < 4.78 is 7.17. The van der Waals surface area contributed by atoms with E-state index in [0.29, 0.717) is 18.2 Å². The molecule has 13 heavy (non-hydrogen) atoms. The lowest BCUT2D eigenvalue weighted by molar-refractivity contribution is 0.0549. The Balaban J connectivity index is 2.11. The van der Waals surface area contributed by atoms with Gasteiger partial charge in [0, 0.05) is 12.8 Å². The minimum Gasteiger partial charge on any atom is -0.379 e. The summed E-state index contributed by atoms with van der Waals surface area (Å²) in [6.45, 7) is 1.56. The Bertz CT molecular complexity index is 320. The van der Waals surface area contributed by atoms with E-state index >= 15 is 0 Å². The highest BCUT2D eigenvalue weighted by Gasteiger charge is 2.16. The van der Waals surface area contributed by atoms with Crippen molar-refractivity contribution >= 4 is 0 Å². The predicted octanol–water partition coefficient (Wildman–Crippen LogP) is 1.11. The summed E-state index contributed by atoms with van der Waals surface area (Å²) >= 11 is 0. The van der Waals surface area contributed by atoms with Crippen LogP contribution in [0, 0.1) is 11.3 Å². The van der Waals surface area contributed by atoms with Gasteiger partial charge in [-0.05, 0) is 12.8 Å². The number of aromatic nitrogens is 2. The first-order valence-electron chi connectivity index (χ1n) is 4.42. The van der Waals surface area contributed by atoms with Crippen LogP contribution in [0.3, 0.4) is 0 Å². The van der Waals surface area contributed by atoms with E-state index in [1.165, 1.54) is 0 Å². The molecule has 0 saturated carbocycles. The molecule has 0 radical (unpaired) electrons. The zero-order valence-corrected chi connectivity index (χ0v) is 7.31. The maximum atomic E-state index is 8.61. The standard InChI is InChI=1S/C9H11N3O/c10-4-8-5-11-12(6-8)9-2-1-3-13-7-9/h5-6,9H,1-3,7H2. The van der Waals surface area contributed by atoms with Crippen molar-refractivity contribution in [2.24, 2.45) is 0 Å². The van der Waals surface area contributed by atoms with Crippen LogP contribution < -0.4 is 0 Å². The van der Waals surface area contributed by atoms with Crippen molar-refractivity contribution in [3.8, 4) is 6.07 Å². The number of ether oxygens (including phenoxy) is 1. The van der Waals surface area contributed by atoms with Gasteiger partial charge >= 0.3 is 0 Å². The maximum Gasteiger partial charge on any atom is 0.102 e. The first-order chi connectivity index (χ1) is 6.40. The van der Waals surface area contributed by atoms with Crippen molar-refractivity contribution in [3.05, 3.63) is 18.0 Å². The van der Waals surface area contributed by atoms with Crippen LogP contribution >= 0.6 is 0 Å². The third-order valence-corrected chi connectivity index (χ3v) is 2.24. The van der Waals surface area contributed by atoms with Crippen LogP contribution in [-0.2, 0) is 4.74 Å². The Kier molecular flexibility index (Phi) is 2.28. The number of hydrogen-bond donors (Lipinski definition) is 0. The van der Waals surface area contributed by atoms with Gasteiger partial charge in [-0.1, -0.05) is 0 Å². The number of nitrogens with zero attached hydrogens (tertiary/aromatic N) is 3. The van der Waals surface area contributed by atoms with Gasteiger partial charge in [0.1, 0.15) is 6.07 Å². The van der Waals surface area contributed by atoms with Crippen molar-refractivity contribution in [1.29, 1.82) is 5.26 Å². The molecule has 0 bridgehead atoms. The van der Waals surface area contributed by atoms with E-state index in [4.69, 9.17) is 10.00 Å². The summed E-state index contributed by atoms with van der Waals surface area (Å²) in [5, 5.41) is 12.7. The van der Waals surface area contributed by atoms with Crippen LogP contribution in [0.2, 0.25) is 0 Å². The number of rotatable bonds is 1. The summed E-state index contributed by atoms with van der Waals surface area (Å²) in [6.07, 6.45) is 5.53. The van der Waals surface area contributed by atoms with Crippen LogP contribution in [-0.4, -0.2) is 23.0 Å². The molecule has 1 aromatic rings. The molecule has 0 aliphatic carbocycles. The van der Waals surface area contributed by atoms with Gasteiger partial charge in [0.05, 0.1) is 24.4 Å². The SMILES string of the molecule is N#Cc1cnn(C2CCCOC2)c1. The normalized spacial score (nSPS) is 22.5. The lowest BCUT2D eigenvalue weighted by Crippen LogP contribution is -2.21. The Morgan fingerprint density at radius 1 is 1.69 bits per heavy atom. The van der Waals surface area contributed by atoms with Crippen molar-refractivity contribution in [3.63, 3.8) is 0 Å². The van der Waals surface area contributed by atoms with Gasteiger partial charge in [-0.3, -0.25) is 4.68 Å². The molecule has 1 atom stereocenters. The Morgan fingerprint density at radius 3 is 3.23 bits per heavy atom. The monoisotopic (exact) mass is 177 g/mol. The summed E-state index contributed by atoms with van der Waals surface area (Å²) in [5.74, 6) is 0. The second-order valence-electron chi connectivity index (χ2n) is 3.19. The molecule has 1 aromatic heterocycles. The first-order valence-corrected chi connectivity index (χ1v) is 4.42. The fourth-order valence-electron chi connectivity index (χ4n) is 1.53. The molecule has 2 rings (SSSR count). The highest BCUT2D eigenvalue weighted by atomic mass is 16.5. The van der Waals surface area contributed by atoms with E-state index in [2.05, 4.69) is 11.2 Å². The molecule has 1 aliphatic heterocycles. The molecule has 4 heteroatoms. The first kappa shape index (κ1) is 8.27. The van der Waals surface area contributed by atoms with Crippen LogP contribution in [0.5, 0.6) is 0 Å². The quantitative estimate of drug-likeness (QED) is 0.645. The van der Waals surface area contributed by atoms with Gasteiger partial charge in [0.25, 0.3) is 0 Å². The molecule has 4 nitrogen and oxygen atoms in total. The van der Waals surface area contributed by atoms with Gasteiger partial charge in [-0.2, -0.15) is 10.4 Å². The predicted molar refractivity (Wildman–Crippen MR) is 46.0 cm³/mol. The fourth-order valence-corrected chi connectivity index (χ4v) is 1.53. The van der Waals surface area contributed by atoms with E-state index < -0.39 is 0 Å². The molecule has 68 valence electrons. The molecular weight excluding hydrogens is 166 g/mol. The maximum absolute atomic E-state index is 8.61. The van der Waals surface area contributed by atoms with Crippen molar-refractivity contribution < 1.29 is 4.74 Å². The fraction of sp³-hybridized carbons (Fsp3) is 0.556. The molecule has 0 amide bonds. The van der Waals surface area contributed by atoms with E-state index in [1.807, 2.05) is 4.68 Å². The Hall–Kier alpha value is -1.34. The second-order valence-corrected chi connectivity index (χ2v) is 3.19. The number of hydrogen-bond acceptors (Lipinski definition) is 3. The average molecular weight is 177 g/mol. The van der Waals surface area contributed by atoms with E-state index in [1.54, 1.807) is 12.4 Å². The highest BCUT2D eigenvalue weighted by Crippen LogP contribution is 2.18. The molecular formula is C9H11N3O. The lowest BCUT2D eigenvalue weighted by Gasteiger charge is -2.22. The van der Waals surface area contributed by atoms with Crippen LogP contribution in [0.25, 0.3) is 0 Å². The Labute approximate surface area is 76.7 Å². The van der Waals surface area contributed by atoms with E-state index in [-0.39, 0.29) is 0 Å². The van der Waals surface area contributed by atoms with Gasteiger partial charge in [0.2, 0.25) is 0 Å². The molecule has 0 spiro atoms. The van der Waals surface area contributed by atoms with Gasteiger partial charge in [-0.25, -0.2) is 0 Å². The van der Waals surface area contributed by atoms with Crippen LogP contribution in [0.1, 0.15) is 24.4 Å². The summed E-state index contributed by atoms with van der Waals surface area (Å²) in [4.78, 5) is 0. The van der Waals surface area contributed by atoms with Crippen LogP contribution in [0.4, 0.5) is 0 Å². The van der Waals surface area contributed by atoms with Gasteiger partial charge < -0.3 is 4.74 Å². The average Bonchev–Trinajstić information content (AvgIpc) is 2.67. The summed E-state index contributed by atoms with van der Waals surface area (Å²) in [5.41, 5.74) is 0.616. The van der Waals surface area contributed by atoms with Gasteiger partial charge in [-0.15, -0.1) is 0 Å². The molecule has 1 fully saturated rings. The minimum absolute atomic E-state index is 0.316.